The summed E-state index contributed by atoms with van der Waals surface area (Å²) in [6.45, 7) is 0.735. The molecular weight excluding hydrogens is 359 g/mol. The average Bonchev–Trinajstić information content (AvgIpc) is 3.06. The lowest BCUT2D eigenvalue weighted by molar-refractivity contribution is 0.0736. The summed E-state index contributed by atoms with van der Waals surface area (Å²) in [4.78, 5) is 14.6. The fourth-order valence-electron chi connectivity index (χ4n) is 2.83. The van der Waals surface area contributed by atoms with Crippen LogP contribution in [0.15, 0.2) is 30.6 Å². The number of hydrogen-bond donors (Lipinski definition) is 1. The smallest absolute Gasteiger partial charge is 0.255 e. The van der Waals surface area contributed by atoms with E-state index < -0.39 is 0 Å². The molecule has 0 aliphatic carbocycles. The quantitative estimate of drug-likeness (QED) is 0.815. The lowest BCUT2D eigenvalue weighted by Gasteiger charge is -2.24. The molecule has 2 aromatic rings. The molecule has 23 heavy (non-hydrogen) atoms. The number of nitrogens with two attached hydrogens (primary N) is 1. The fourth-order valence-corrected chi connectivity index (χ4v) is 3.10. The van der Waals surface area contributed by atoms with E-state index in [0.29, 0.717) is 16.3 Å². The topological polar surface area (TPSA) is 64.2 Å². The summed E-state index contributed by atoms with van der Waals surface area (Å²) in [6, 6.07) is 5.08. The maximum atomic E-state index is 12.7. The Hall–Kier alpha value is -1.43. The standard InChI is InChI=1S/C15H17ClN4O.2ClH/c1-19-9-10(8-18-19)14-3-2-6-20(14)15(21)12-5-4-11(17)7-13(12)16;;/h4-5,7-9,14H,2-3,6,17H2,1H3;2*1H. The molecule has 0 radical (unpaired) electrons. The Morgan fingerprint density at radius 1 is 1.39 bits per heavy atom. The normalized spacial score (nSPS) is 16.6. The highest BCUT2D eigenvalue weighted by Crippen LogP contribution is 2.34. The number of aryl methyl sites for hydroxylation is 1. The van der Waals surface area contributed by atoms with Gasteiger partial charge in [0, 0.05) is 31.0 Å². The lowest BCUT2D eigenvalue weighted by atomic mass is 10.1. The number of anilines is 1. The minimum absolute atomic E-state index is 0. The number of rotatable bonds is 2. The molecule has 0 saturated carbocycles. The Morgan fingerprint density at radius 2 is 2.13 bits per heavy atom. The van der Waals surface area contributed by atoms with Crippen molar-refractivity contribution in [1.82, 2.24) is 14.7 Å². The highest BCUT2D eigenvalue weighted by Gasteiger charge is 2.32. The van der Waals surface area contributed by atoms with E-state index in [2.05, 4.69) is 5.10 Å². The monoisotopic (exact) mass is 376 g/mol. The van der Waals surface area contributed by atoms with Crippen LogP contribution in [0.3, 0.4) is 0 Å². The average molecular weight is 378 g/mol. The van der Waals surface area contributed by atoms with Crippen molar-refractivity contribution in [3.8, 4) is 0 Å². The minimum Gasteiger partial charge on any atom is -0.399 e. The second-order valence-corrected chi connectivity index (χ2v) is 5.75. The number of hydrogen-bond acceptors (Lipinski definition) is 3. The molecule has 2 heterocycles. The van der Waals surface area contributed by atoms with Gasteiger partial charge in [0.05, 0.1) is 22.8 Å². The van der Waals surface area contributed by atoms with Crippen LogP contribution in [-0.4, -0.2) is 27.1 Å². The third-order valence-corrected chi connectivity index (χ3v) is 4.16. The van der Waals surface area contributed by atoms with Crippen molar-refractivity contribution in [3.63, 3.8) is 0 Å². The lowest BCUT2D eigenvalue weighted by Crippen LogP contribution is -2.30. The molecule has 126 valence electrons. The summed E-state index contributed by atoms with van der Waals surface area (Å²) >= 11 is 6.16. The second-order valence-electron chi connectivity index (χ2n) is 5.34. The molecular formula is C15H19Cl3N4O. The molecule has 1 aromatic heterocycles. The molecule has 1 unspecified atom stereocenters. The molecule has 1 saturated heterocycles. The third kappa shape index (κ3) is 3.91. The maximum absolute atomic E-state index is 12.7. The first-order valence-corrected chi connectivity index (χ1v) is 7.28. The number of benzene rings is 1. The molecule has 1 aliphatic heterocycles. The molecule has 0 spiro atoms. The molecule has 2 N–H and O–H groups in total. The van der Waals surface area contributed by atoms with E-state index in [1.54, 1.807) is 22.9 Å². The van der Waals surface area contributed by atoms with Crippen molar-refractivity contribution in [2.24, 2.45) is 7.05 Å². The number of carbonyl (C=O) groups is 1. The highest BCUT2D eigenvalue weighted by molar-refractivity contribution is 6.34. The van der Waals surface area contributed by atoms with Gasteiger partial charge in [-0.2, -0.15) is 5.10 Å². The van der Waals surface area contributed by atoms with Gasteiger partial charge in [-0.1, -0.05) is 11.6 Å². The van der Waals surface area contributed by atoms with Crippen molar-refractivity contribution >= 4 is 48.0 Å². The van der Waals surface area contributed by atoms with Crippen LogP contribution in [0.1, 0.15) is 34.8 Å². The number of amides is 1. The number of nitrogens with zero attached hydrogens (tertiary/aromatic N) is 3. The van der Waals surface area contributed by atoms with Gasteiger partial charge in [-0.05, 0) is 31.0 Å². The van der Waals surface area contributed by atoms with Crippen molar-refractivity contribution in [2.45, 2.75) is 18.9 Å². The van der Waals surface area contributed by atoms with Crippen molar-refractivity contribution in [2.75, 3.05) is 12.3 Å². The fraction of sp³-hybridized carbons (Fsp3) is 0.333. The minimum atomic E-state index is -0.0497. The van der Waals surface area contributed by atoms with Crippen molar-refractivity contribution < 1.29 is 4.79 Å². The van der Waals surface area contributed by atoms with Crippen LogP contribution < -0.4 is 5.73 Å². The summed E-state index contributed by atoms with van der Waals surface area (Å²) < 4.78 is 1.76. The molecule has 5 nitrogen and oxygen atoms in total. The first kappa shape index (κ1) is 19.6. The molecule has 1 fully saturated rings. The van der Waals surface area contributed by atoms with Crippen LogP contribution in [0.25, 0.3) is 0 Å². The zero-order chi connectivity index (χ0) is 15.0. The van der Waals surface area contributed by atoms with E-state index in [1.165, 1.54) is 0 Å². The Bertz CT molecular complexity index is 689. The molecule has 8 heteroatoms. The van der Waals surface area contributed by atoms with Gasteiger partial charge in [-0.25, -0.2) is 0 Å². The van der Waals surface area contributed by atoms with Gasteiger partial charge in [0.25, 0.3) is 5.91 Å². The Kier molecular flexibility index (Phi) is 6.74. The van der Waals surface area contributed by atoms with Crippen LogP contribution in [0.2, 0.25) is 5.02 Å². The Labute approximate surface area is 152 Å². The van der Waals surface area contributed by atoms with Gasteiger partial charge in [0.1, 0.15) is 0 Å². The van der Waals surface area contributed by atoms with E-state index in [1.807, 2.05) is 24.3 Å². The summed E-state index contributed by atoms with van der Waals surface area (Å²) in [5, 5.41) is 4.59. The van der Waals surface area contributed by atoms with E-state index in [9.17, 15) is 4.79 Å². The van der Waals surface area contributed by atoms with E-state index in [4.69, 9.17) is 17.3 Å². The molecule has 0 bridgehead atoms. The summed E-state index contributed by atoms with van der Waals surface area (Å²) in [6.07, 6.45) is 5.71. The Morgan fingerprint density at radius 3 is 2.74 bits per heavy atom. The largest absolute Gasteiger partial charge is 0.399 e. The van der Waals surface area contributed by atoms with E-state index >= 15 is 0 Å². The van der Waals surface area contributed by atoms with Crippen LogP contribution in [-0.2, 0) is 7.05 Å². The number of halogens is 3. The van der Waals surface area contributed by atoms with Crippen molar-refractivity contribution in [3.05, 3.63) is 46.7 Å². The molecule has 1 atom stereocenters. The van der Waals surface area contributed by atoms with Gasteiger partial charge in [-0.3, -0.25) is 9.48 Å². The molecule has 1 aliphatic rings. The van der Waals surface area contributed by atoms with E-state index in [-0.39, 0.29) is 36.8 Å². The number of aromatic nitrogens is 2. The first-order valence-electron chi connectivity index (χ1n) is 6.91. The third-order valence-electron chi connectivity index (χ3n) is 3.85. The van der Waals surface area contributed by atoms with Crippen LogP contribution in [0, 0.1) is 0 Å². The van der Waals surface area contributed by atoms with Crippen molar-refractivity contribution in [1.29, 1.82) is 0 Å². The molecule has 3 rings (SSSR count). The number of likely N-dealkylation sites (tertiary alicyclic amines) is 1. The zero-order valence-electron chi connectivity index (χ0n) is 12.6. The highest BCUT2D eigenvalue weighted by atomic mass is 35.5. The number of nitrogen functional groups attached to an aromatic ring is 1. The summed E-state index contributed by atoms with van der Waals surface area (Å²) in [5.74, 6) is -0.0497. The summed E-state index contributed by atoms with van der Waals surface area (Å²) in [7, 11) is 1.88. The first-order chi connectivity index (χ1) is 10.1. The van der Waals surface area contributed by atoms with Crippen LogP contribution in [0.5, 0.6) is 0 Å². The molecule has 1 amide bonds. The Balaban J connectivity index is 0.00000132. The predicted molar refractivity (Wildman–Crippen MR) is 96.6 cm³/mol. The van der Waals surface area contributed by atoms with Gasteiger partial charge in [0.2, 0.25) is 0 Å². The van der Waals surface area contributed by atoms with Gasteiger partial charge in [0.15, 0.2) is 0 Å². The SMILES string of the molecule is Cl.Cl.Cn1cc(C2CCCN2C(=O)c2ccc(N)cc2Cl)cn1. The molecule has 1 aromatic carbocycles. The van der Waals surface area contributed by atoms with Gasteiger partial charge >= 0.3 is 0 Å². The van der Waals surface area contributed by atoms with Crippen LogP contribution >= 0.6 is 36.4 Å². The zero-order valence-corrected chi connectivity index (χ0v) is 15.0. The van der Waals surface area contributed by atoms with Gasteiger partial charge < -0.3 is 10.6 Å². The van der Waals surface area contributed by atoms with Crippen LogP contribution in [0.4, 0.5) is 5.69 Å². The van der Waals surface area contributed by atoms with E-state index in [0.717, 1.165) is 24.9 Å². The summed E-state index contributed by atoms with van der Waals surface area (Å²) in [5.41, 5.74) is 7.81. The number of carbonyl (C=O) groups excluding carboxylic acids is 1. The predicted octanol–water partition coefficient (Wildman–Crippen LogP) is 3.48. The van der Waals surface area contributed by atoms with Gasteiger partial charge in [-0.15, -0.1) is 24.8 Å². The second kappa shape index (κ2) is 7.90. The maximum Gasteiger partial charge on any atom is 0.255 e.